The zero-order valence-corrected chi connectivity index (χ0v) is 14.9. The van der Waals surface area contributed by atoms with Crippen LogP contribution in [0.25, 0.3) is 0 Å². The van der Waals surface area contributed by atoms with E-state index in [4.69, 9.17) is 22.1 Å². The molecule has 3 atom stereocenters. The third-order valence-corrected chi connectivity index (χ3v) is 7.05. The minimum Gasteiger partial charge on any atom is -0.380 e. The van der Waals surface area contributed by atoms with Crippen molar-refractivity contribution in [2.75, 3.05) is 13.2 Å². The lowest BCUT2D eigenvalue weighted by atomic mass is 10.1. The first-order valence-corrected chi connectivity index (χ1v) is 9.74. The van der Waals surface area contributed by atoms with E-state index in [2.05, 4.69) is 0 Å². The van der Waals surface area contributed by atoms with E-state index in [9.17, 15) is 8.42 Å². The highest BCUT2D eigenvalue weighted by atomic mass is 35.5. The van der Waals surface area contributed by atoms with Crippen LogP contribution in [0.3, 0.4) is 0 Å². The number of hydrogen-bond acceptors (Lipinski definition) is 4. The molecule has 2 aromatic rings. The Morgan fingerprint density at radius 3 is 2.33 bits per heavy atom. The lowest BCUT2D eigenvalue weighted by molar-refractivity contribution is 0.125. The fourth-order valence-electron chi connectivity index (χ4n) is 3.26. The molecule has 24 heavy (non-hydrogen) atoms. The standard InChI is InChI=1S/C18H20ClNO3S/c1-2-23-12-18(20)16(13-6-4-3-5-7-13)17(18)24(21,22)15-10-8-14(19)9-11-15/h3-11,16-17H,2,12,20H2,1H3/t16-,17+,18-/m1/s1. The highest BCUT2D eigenvalue weighted by Crippen LogP contribution is 2.55. The Bertz CT molecular complexity index is 808. The number of halogens is 1. The van der Waals surface area contributed by atoms with E-state index < -0.39 is 20.6 Å². The fourth-order valence-corrected chi connectivity index (χ4v) is 5.68. The maximum atomic E-state index is 13.1. The van der Waals surface area contributed by atoms with Gasteiger partial charge in [-0.15, -0.1) is 0 Å². The van der Waals surface area contributed by atoms with Crippen LogP contribution in [0.2, 0.25) is 5.02 Å². The van der Waals surface area contributed by atoms with Crippen LogP contribution >= 0.6 is 11.6 Å². The summed E-state index contributed by atoms with van der Waals surface area (Å²) < 4.78 is 31.7. The molecule has 128 valence electrons. The van der Waals surface area contributed by atoms with Gasteiger partial charge >= 0.3 is 0 Å². The second kappa shape index (κ2) is 6.48. The summed E-state index contributed by atoms with van der Waals surface area (Å²) in [6.07, 6.45) is 0. The highest BCUT2D eigenvalue weighted by Gasteiger charge is 2.69. The van der Waals surface area contributed by atoms with Gasteiger partial charge in [0.15, 0.2) is 9.84 Å². The lowest BCUT2D eigenvalue weighted by Gasteiger charge is -2.12. The third-order valence-electron chi connectivity index (χ3n) is 4.49. The number of ether oxygens (including phenoxy) is 1. The largest absolute Gasteiger partial charge is 0.380 e. The van der Waals surface area contributed by atoms with Gasteiger partial charge in [-0.1, -0.05) is 41.9 Å². The molecule has 1 fully saturated rings. The molecular formula is C18H20ClNO3S. The van der Waals surface area contributed by atoms with Crippen molar-refractivity contribution in [1.29, 1.82) is 0 Å². The number of nitrogens with two attached hydrogens (primary N) is 1. The van der Waals surface area contributed by atoms with Crippen molar-refractivity contribution in [3.05, 3.63) is 65.2 Å². The van der Waals surface area contributed by atoms with E-state index in [0.717, 1.165) is 5.56 Å². The molecule has 4 nitrogen and oxygen atoms in total. The molecular weight excluding hydrogens is 346 g/mol. The van der Waals surface area contributed by atoms with Crippen LogP contribution < -0.4 is 5.73 Å². The van der Waals surface area contributed by atoms with Gasteiger partial charge in [-0.3, -0.25) is 0 Å². The first kappa shape index (κ1) is 17.4. The Hall–Kier alpha value is -1.40. The summed E-state index contributed by atoms with van der Waals surface area (Å²) in [6.45, 7) is 2.57. The van der Waals surface area contributed by atoms with Gasteiger partial charge in [-0.25, -0.2) is 8.42 Å². The van der Waals surface area contributed by atoms with Crippen molar-refractivity contribution in [2.24, 2.45) is 5.73 Å². The van der Waals surface area contributed by atoms with Crippen LogP contribution in [-0.4, -0.2) is 32.4 Å². The summed E-state index contributed by atoms with van der Waals surface area (Å²) in [6, 6.07) is 15.7. The van der Waals surface area contributed by atoms with E-state index in [-0.39, 0.29) is 17.4 Å². The van der Waals surface area contributed by atoms with Crippen molar-refractivity contribution < 1.29 is 13.2 Å². The predicted octanol–water partition coefficient (Wildman–Crippen LogP) is 3.01. The van der Waals surface area contributed by atoms with Crippen LogP contribution in [-0.2, 0) is 14.6 Å². The fraction of sp³-hybridized carbons (Fsp3) is 0.333. The zero-order chi connectivity index (χ0) is 17.4. The molecule has 2 N–H and O–H groups in total. The Balaban J connectivity index is 1.99. The quantitative estimate of drug-likeness (QED) is 0.854. The molecule has 1 saturated carbocycles. The average molecular weight is 366 g/mol. The van der Waals surface area contributed by atoms with Crippen molar-refractivity contribution >= 4 is 21.4 Å². The van der Waals surface area contributed by atoms with Crippen molar-refractivity contribution in [3.8, 4) is 0 Å². The number of rotatable bonds is 6. The molecule has 0 heterocycles. The van der Waals surface area contributed by atoms with Gasteiger partial charge in [0, 0.05) is 17.5 Å². The van der Waals surface area contributed by atoms with E-state index >= 15 is 0 Å². The van der Waals surface area contributed by atoms with E-state index in [1.807, 2.05) is 37.3 Å². The highest BCUT2D eigenvalue weighted by molar-refractivity contribution is 7.92. The van der Waals surface area contributed by atoms with Crippen LogP contribution in [0.15, 0.2) is 59.5 Å². The van der Waals surface area contributed by atoms with E-state index in [0.29, 0.717) is 11.6 Å². The average Bonchev–Trinajstić information content (AvgIpc) is 3.21. The first-order valence-electron chi connectivity index (χ1n) is 7.82. The second-order valence-corrected chi connectivity index (χ2v) is 8.56. The molecule has 1 aliphatic rings. The molecule has 6 heteroatoms. The van der Waals surface area contributed by atoms with Gasteiger partial charge < -0.3 is 10.5 Å². The monoisotopic (exact) mass is 365 g/mol. The van der Waals surface area contributed by atoms with Crippen molar-refractivity contribution in [1.82, 2.24) is 0 Å². The van der Waals surface area contributed by atoms with Gasteiger partial charge in [0.1, 0.15) is 0 Å². The molecule has 1 aliphatic carbocycles. The Morgan fingerprint density at radius 1 is 1.12 bits per heavy atom. The van der Waals surface area contributed by atoms with Crippen LogP contribution in [0.5, 0.6) is 0 Å². The maximum Gasteiger partial charge on any atom is 0.183 e. The summed E-state index contributed by atoms with van der Waals surface area (Å²) in [5, 5.41) is -0.210. The van der Waals surface area contributed by atoms with Crippen molar-refractivity contribution in [2.45, 2.75) is 28.5 Å². The number of sulfone groups is 1. The first-order chi connectivity index (χ1) is 11.4. The summed E-state index contributed by atoms with van der Waals surface area (Å²) in [5.41, 5.74) is 6.47. The zero-order valence-electron chi connectivity index (χ0n) is 13.4. The Labute approximate surface area is 147 Å². The third kappa shape index (κ3) is 2.97. The molecule has 0 aromatic heterocycles. The van der Waals surface area contributed by atoms with Crippen molar-refractivity contribution in [3.63, 3.8) is 0 Å². The smallest absolute Gasteiger partial charge is 0.183 e. The van der Waals surface area contributed by atoms with Gasteiger partial charge in [0.2, 0.25) is 0 Å². The lowest BCUT2D eigenvalue weighted by Crippen LogP contribution is -2.36. The van der Waals surface area contributed by atoms with Gasteiger partial charge in [0.05, 0.1) is 22.3 Å². The molecule has 0 amide bonds. The molecule has 3 rings (SSSR count). The van der Waals surface area contributed by atoms with Gasteiger partial charge in [0.25, 0.3) is 0 Å². The van der Waals surface area contributed by atoms with E-state index in [1.54, 1.807) is 12.1 Å². The Kier molecular flexibility index (Phi) is 4.71. The van der Waals surface area contributed by atoms with Gasteiger partial charge in [-0.05, 0) is 36.8 Å². The summed E-state index contributed by atoms with van der Waals surface area (Å²) in [5.74, 6) is -0.286. The molecule has 0 spiro atoms. The topological polar surface area (TPSA) is 69.4 Å². The molecule has 0 saturated heterocycles. The van der Waals surface area contributed by atoms with E-state index in [1.165, 1.54) is 12.1 Å². The number of benzene rings is 2. The Morgan fingerprint density at radius 2 is 1.75 bits per heavy atom. The van der Waals surface area contributed by atoms with Gasteiger partial charge in [-0.2, -0.15) is 0 Å². The molecule has 0 bridgehead atoms. The minimum absolute atomic E-state index is 0.209. The number of hydrogen-bond donors (Lipinski definition) is 1. The molecule has 0 radical (unpaired) electrons. The molecule has 2 aromatic carbocycles. The second-order valence-electron chi connectivity index (χ2n) is 6.06. The SMILES string of the molecule is CCOC[C@@]1(N)[C@H](c2ccccc2)[C@@H]1S(=O)(=O)c1ccc(Cl)cc1. The van der Waals surface area contributed by atoms with Crippen LogP contribution in [0.1, 0.15) is 18.4 Å². The summed E-state index contributed by atoms with van der Waals surface area (Å²) >= 11 is 5.87. The maximum absolute atomic E-state index is 13.1. The molecule has 0 aliphatic heterocycles. The summed E-state index contributed by atoms with van der Waals surface area (Å²) in [4.78, 5) is 0.238. The van der Waals surface area contributed by atoms with Crippen LogP contribution in [0.4, 0.5) is 0 Å². The normalized spacial score (nSPS) is 26.3. The molecule has 0 unspecified atom stereocenters. The van der Waals surface area contributed by atoms with Crippen LogP contribution in [0, 0.1) is 0 Å². The minimum atomic E-state index is -3.58. The predicted molar refractivity (Wildman–Crippen MR) is 95.0 cm³/mol. The summed E-state index contributed by atoms with van der Waals surface area (Å²) in [7, 11) is -3.58.